The van der Waals surface area contributed by atoms with Crippen LogP contribution in [0.3, 0.4) is 0 Å². The summed E-state index contributed by atoms with van der Waals surface area (Å²) in [4.78, 5) is 37.2. The average molecular weight is 446 g/mol. The first-order chi connectivity index (χ1) is 16.0. The van der Waals surface area contributed by atoms with Crippen molar-refractivity contribution in [2.45, 2.75) is 38.3 Å². The first kappa shape index (κ1) is 21.1. The Balaban J connectivity index is 1.24. The van der Waals surface area contributed by atoms with Crippen LogP contribution in [0.25, 0.3) is 16.5 Å². The smallest absolute Gasteiger partial charge is 0.339 e. The van der Waals surface area contributed by atoms with Gasteiger partial charge in [-0.25, -0.2) is 9.18 Å². The fourth-order valence-corrected chi connectivity index (χ4v) is 4.59. The van der Waals surface area contributed by atoms with Crippen LogP contribution in [0.4, 0.5) is 4.39 Å². The summed E-state index contributed by atoms with van der Waals surface area (Å²) in [5, 5.41) is 3.51. The van der Waals surface area contributed by atoms with E-state index >= 15 is 0 Å². The van der Waals surface area contributed by atoms with Crippen molar-refractivity contribution in [1.82, 2.24) is 9.88 Å². The molecule has 2 aliphatic rings. The van der Waals surface area contributed by atoms with E-state index in [9.17, 15) is 18.8 Å². The summed E-state index contributed by atoms with van der Waals surface area (Å²) < 4.78 is 20.6. The van der Waals surface area contributed by atoms with E-state index in [0.717, 1.165) is 35.8 Å². The van der Waals surface area contributed by atoms with Crippen LogP contribution >= 0.6 is 0 Å². The van der Waals surface area contributed by atoms with E-state index in [0.29, 0.717) is 11.1 Å². The van der Waals surface area contributed by atoms with Crippen LogP contribution in [0.5, 0.6) is 0 Å². The molecule has 1 aromatic heterocycles. The predicted octanol–water partition coefficient (Wildman–Crippen LogP) is 4.13. The van der Waals surface area contributed by atoms with Crippen molar-refractivity contribution >= 4 is 28.4 Å². The van der Waals surface area contributed by atoms with Gasteiger partial charge in [0.15, 0.2) is 0 Å². The minimum absolute atomic E-state index is 0.000151. The lowest BCUT2D eigenvalue weighted by Gasteiger charge is -2.13. The van der Waals surface area contributed by atoms with Gasteiger partial charge in [0.25, 0.3) is 5.56 Å². The number of carbonyl (C=O) groups is 2. The summed E-state index contributed by atoms with van der Waals surface area (Å²) in [6, 6.07) is 13.0. The predicted molar refractivity (Wildman–Crippen MR) is 122 cm³/mol. The minimum Gasteiger partial charge on any atom is -0.453 e. The number of nitrogens with one attached hydrogen (secondary N) is 1. The van der Waals surface area contributed by atoms with Crippen LogP contribution in [0.1, 0.15) is 53.3 Å². The number of cyclic esters (lactones) is 1. The van der Waals surface area contributed by atoms with Crippen LogP contribution in [-0.4, -0.2) is 23.0 Å². The molecule has 0 saturated carbocycles. The molecule has 3 aromatic rings. The van der Waals surface area contributed by atoms with E-state index in [1.807, 2.05) is 18.2 Å². The normalized spacial score (nSPS) is 17.1. The number of rotatable bonds is 6. The van der Waals surface area contributed by atoms with E-state index < -0.39 is 17.9 Å². The van der Waals surface area contributed by atoms with Crippen LogP contribution in [0, 0.1) is 5.82 Å². The van der Waals surface area contributed by atoms with Crippen molar-refractivity contribution in [2.75, 3.05) is 6.54 Å². The van der Waals surface area contributed by atoms with Gasteiger partial charge >= 0.3 is 5.97 Å². The summed E-state index contributed by atoms with van der Waals surface area (Å²) in [5.74, 6) is -1.13. The first-order valence-electron chi connectivity index (χ1n) is 11.1. The molecule has 0 bridgehead atoms. The molecule has 2 heterocycles. The molecule has 0 spiro atoms. The number of aromatic nitrogens is 1. The highest BCUT2D eigenvalue weighted by Gasteiger charge is 2.33. The SMILES string of the molecule is O=C(CC1OC(=O)c2cc(C3=CCCC3)ccc21)NCCn1c(=O)ccc2ccc(F)cc21. The molecule has 33 heavy (non-hydrogen) atoms. The molecule has 168 valence electrons. The van der Waals surface area contributed by atoms with Gasteiger partial charge in [0.1, 0.15) is 11.9 Å². The average Bonchev–Trinajstić information content (AvgIpc) is 3.44. The lowest BCUT2D eigenvalue weighted by Crippen LogP contribution is -2.31. The molecule has 1 N–H and O–H groups in total. The lowest BCUT2D eigenvalue weighted by atomic mass is 9.96. The quantitative estimate of drug-likeness (QED) is 0.578. The molecule has 6 nitrogen and oxygen atoms in total. The highest BCUT2D eigenvalue weighted by molar-refractivity contribution is 5.96. The number of hydrogen-bond acceptors (Lipinski definition) is 4. The molecule has 7 heteroatoms. The maximum atomic E-state index is 13.7. The Morgan fingerprint density at radius 3 is 2.79 bits per heavy atom. The number of ether oxygens (including phenoxy) is 1. The van der Waals surface area contributed by atoms with E-state index in [1.54, 1.807) is 12.1 Å². The van der Waals surface area contributed by atoms with Crippen molar-refractivity contribution in [3.8, 4) is 0 Å². The zero-order chi connectivity index (χ0) is 22.9. The number of fused-ring (bicyclic) bond motifs is 2. The van der Waals surface area contributed by atoms with Gasteiger partial charge < -0.3 is 14.6 Å². The molecule has 0 radical (unpaired) electrons. The van der Waals surface area contributed by atoms with E-state index in [-0.39, 0.29) is 31.0 Å². The van der Waals surface area contributed by atoms with Gasteiger partial charge in [-0.05, 0) is 66.1 Å². The van der Waals surface area contributed by atoms with Gasteiger partial charge in [0, 0.05) is 24.7 Å². The standard InChI is InChI=1S/C26H23FN2O4/c27-19-8-5-17-7-10-25(31)29(22(17)14-19)12-11-28-24(30)15-23-20-9-6-18(16-3-1-2-4-16)13-21(20)26(32)33-23/h3,5-10,13-14,23H,1-2,4,11-12,15H2,(H,28,30). The second-order valence-electron chi connectivity index (χ2n) is 8.40. The van der Waals surface area contributed by atoms with Gasteiger partial charge in [-0.1, -0.05) is 18.2 Å². The Kier molecular flexibility index (Phi) is 5.54. The first-order valence-corrected chi connectivity index (χ1v) is 11.1. The van der Waals surface area contributed by atoms with Crippen LogP contribution in [0.15, 0.2) is 59.4 Å². The largest absolute Gasteiger partial charge is 0.453 e. The number of pyridine rings is 1. The number of nitrogens with zero attached hydrogens (tertiary/aromatic N) is 1. The third-order valence-corrected chi connectivity index (χ3v) is 6.26. The van der Waals surface area contributed by atoms with Crippen molar-refractivity contribution in [3.05, 3.63) is 87.5 Å². The zero-order valence-corrected chi connectivity index (χ0v) is 18.0. The van der Waals surface area contributed by atoms with E-state index in [1.165, 1.54) is 28.3 Å². The topological polar surface area (TPSA) is 77.4 Å². The minimum atomic E-state index is -0.631. The Bertz CT molecular complexity index is 1360. The maximum absolute atomic E-state index is 13.7. The third-order valence-electron chi connectivity index (χ3n) is 6.26. The maximum Gasteiger partial charge on any atom is 0.339 e. The van der Waals surface area contributed by atoms with Crippen LogP contribution < -0.4 is 10.9 Å². The summed E-state index contributed by atoms with van der Waals surface area (Å²) >= 11 is 0. The van der Waals surface area contributed by atoms with Crippen molar-refractivity contribution in [1.29, 1.82) is 0 Å². The third kappa shape index (κ3) is 4.18. The molecule has 2 aromatic carbocycles. The molecule has 1 aliphatic heterocycles. The number of carbonyl (C=O) groups excluding carboxylic acids is 2. The second kappa shape index (κ2) is 8.65. The Morgan fingerprint density at radius 2 is 1.97 bits per heavy atom. The molecule has 1 amide bonds. The highest BCUT2D eigenvalue weighted by Crippen LogP contribution is 2.36. The van der Waals surface area contributed by atoms with Gasteiger partial charge in [-0.2, -0.15) is 0 Å². The van der Waals surface area contributed by atoms with Crippen LogP contribution in [0.2, 0.25) is 0 Å². The van der Waals surface area contributed by atoms with Crippen LogP contribution in [-0.2, 0) is 16.1 Å². The molecule has 1 atom stereocenters. The Hall–Kier alpha value is -3.74. The second-order valence-corrected chi connectivity index (χ2v) is 8.40. The molecule has 5 rings (SSSR count). The molecule has 0 fully saturated rings. The van der Waals surface area contributed by atoms with Gasteiger partial charge in [0.05, 0.1) is 17.5 Å². The lowest BCUT2D eigenvalue weighted by molar-refractivity contribution is -0.123. The monoisotopic (exact) mass is 446 g/mol. The summed E-state index contributed by atoms with van der Waals surface area (Å²) in [6.45, 7) is 0.389. The number of halogens is 1. The number of amides is 1. The number of hydrogen-bond donors (Lipinski definition) is 1. The molecular formula is C26H23FN2O4. The van der Waals surface area contributed by atoms with Gasteiger partial charge in [-0.15, -0.1) is 0 Å². The summed E-state index contributed by atoms with van der Waals surface area (Å²) in [7, 11) is 0. The fourth-order valence-electron chi connectivity index (χ4n) is 4.59. The van der Waals surface area contributed by atoms with Crippen molar-refractivity contribution in [3.63, 3.8) is 0 Å². The van der Waals surface area contributed by atoms with E-state index in [4.69, 9.17) is 4.74 Å². The number of allylic oxidation sites excluding steroid dienone is 2. The molecule has 1 unspecified atom stereocenters. The van der Waals surface area contributed by atoms with Gasteiger partial charge in [0.2, 0.25) is 5.91 Å². The van der Waals surface area contributed by atoms with Crippen molar-refractivity contribution < 1.29 is 18.7 Å². The Labute approximate surface area is 189 Å². The zero-order valence-electron chi connectivity index (χ0n) is 18.0. The van der Waals surface area contributed by atoms with Crippen molar-refractivity contribution in [2.24, 2.45) is 0 Å². The fraction of sp³-hybridized carbons (Fsp3) is 0.269. The highest BCUT2D eigenvalue weighted by atomic mass is 19.1. The van der Waals surface area contributed by atoms with E-state index in [2.05, 4.69) is 11.4 Å². The molecular weight excluding hydrogens is 423 g/mol. The Morgan fingerprint density at radius 1 is 1.12 bits per heavy atom. The summed E-state index contributed by atoms with van der Waals surface area (Å²) in [5.41, 5.74) is 3.72. The molecule has 0 saturated heterocycles. The number of esters is 1. The van der Waals surface area contributed by atoms with Gasteiger partial charge in [-0.3, -0.25) is 9.59 Å². The summed E-state index contributed by atoms with van der Waals surface area (Å²) in [6.07, 6.45) is 4.75. The molecule has 1 aliphatic carbocycles. The number of benzene rings is 2.